The Morgan fingerprint density at radius 2 is 2.00 bits per heavy atom. The first-order valence-corrected chi connectivity index (χ1v) is 10.2. The second-order valence-corrected chi connectivity index (χ2v) is 7.71. The summed E-state index contributed by atoms with van der Waals surface area (Å²) < 4.78 is 36.2. The van der Waals surface area contributed by atoms with Crippen molar-refractivity contribution in [2.24, 2.45) is 0 Å². The van der Waals surface area contributed by atoms with Crippen molar-refractivity contribution in [1.29, 1.82) is 0 Å². The average Bonchev–Trinajstić information content (AvgIpc) is 3.44. The largest absolute Gasteiger partial charge is 0.493 e. The number of imidazole rings is 1. The summed E-state index contributed by atoms with van der Waals surface area (Å²) in [6, 6.07) is 7.81. The fourth-order valence-corrected chi connectivity index (χ4v) is 4.43. The molecule has 6 rings (SSSR count). The van der Waals surface area contributed by atoms with Gasteiger partial charge in [0.05, 0.1) is 12.1 Å². The van der Waals surface area contributed by atoms with E-state index in [2.05, 4.69) is 20.6 Å². The molecule has 0 spiro atoms. The van der Waals surface area contributed by atoms with Gasteiger partial charge in [-0.25, -0.2) is 18.7 Å². The second-order valence-electron chi connectivity index (χ2n) is 7.71. The normalized spacial score (nSPS) is 14.2. The molecule has 2 N–H and O–H groups in total. The standard InChI is InChI=1S/C23H17F2N5O2/c24-17-3-1-2-12-14(17)8-26-22(31)20-21-16(12)10-28-23(30(21)11-29-20)27-9-15-13-6-7-32-19(13)5-4-18(15)25/h1-5,10-11H,6-9H2,(H,26,31)(H,27,28). The lowest BCUT2D eigenvalue weighted by Gasteiger charge is -2.18. The van der Waals surface area contributed by atoms with Crippen LogP contribution in [0.5, 0.6) is 5.75 Å². The molecule has 0 fully saturated rings. The lowest BCUT2D eigenvalue weighted by atomic mass is 9.97. The number of rotatable bonds is 3. The number of carbonyl (C=O) groups is 1. The van der Waals surface area contributed by atoms with Crippen LogP contribution in [-0.4, -0.2) is 26.9 Å². The van der Waals surface area contributed by atoms with E-state index in [-0.39, 0.29) is 24.6 Å². The van der Waals surface area contributed by atoms with Gasteiger partial charge in [-0.2, -0.15) is 0 Å². The molecule has 0 bridgehead atoms. The maximum Gasteiger partial charge on any atom is 0.272 e. The van der Waals surface area contributed by atoms with Crippen molar-refractivity contribution < 1.29 is 18.3 Å². The third kappa shape index (κ3) is 2.74. The van der Waals surface area contributed by atoms with E-state index < -0.39 is 11.7 Å². The molecular formula is C23H17F2N5O2. The lowest BCUT2D eigenvalue weighted by Crippen LogP contribution is -2.26. The van der Waals surface area contributed by atoms with Crippen molar-refractivity contribution in [3.05, 3.63) is 76.9 Å². The van der Waals surface area contributed by atoms with Gasteiger partial charge in [0.25, 0.3) is 5.91 Å². The van der Waals surface area contributed by atoms with Crippen LogP contribution in [0.25, 0.3) is 16.6 Å². The van der Waals surface area contributed by atoms with Crippen LogP contribution in [0.1, 0.15) is 27.2 Å². The molecule has 7 nitrogen and oxygen atoms in total. The van der Waals surface area contributed by atoms with Crippen molar-refractivity contribution in [3.63, 3.8) is 0 Å². The third-order valence-corrected chi connectivity index (χ3v) is 5.98. The van der Waals surface area contributed by atoms with E-state index in [1.165, 1.54) is 18.5 Å². The number of hydrogen-bond acceptors (Lipinski definition) is 5. The number of benzene rings is 2. The van der Waals surface area contributed by atoms with Gasteiger partial charge in [-0.3, -0.25) is 9.20 Å². The maximum absolute atomic E-state index is 14.5. The molecule has 0 radical (unpaired) electrons. The van der Waals surface area contributed by atoms with Gasteiger partial charge in [-0.15, -0.1) is 0 Å². The number of nitrogens with zero attached hydrogens (tertiary/aromatic N) is 3. The highest BCUT2D eigenvalue weighted by atomic mass is 19.1. The highest BCUT2D eigenvalue weighted by Crippen LogP contribution is 2.34. The monoisotopic (exact) mass is 433 g/mol. The molecule has 0 saturated heterocycles. The summed E-state index contributed by atoms with van der Waals surface area (Å²) in [5.41, 5.74) is 3.72. The molecule has 32 heavy (non-hydrogen) atoms. The van der Waals surface area contributed by atoms with Crippen molar-refractivity contribution >= 4 is 17.4 Å². The minimum atomic E-state index is -0.401. The zero-order chi connectivity index (χ0) is 21.8. The van der Waals surface area contributed by atoms with Crippen LogP contribution >= 0.6 is 0 Å². The summed E-state index contributed by atoms with van der Waals surface area (Å²) in [7, 11) is 0. The fourth-order valence-electron chi connectivity index (χ4n) is 4.43. The number of aromatic nitrogens is 3. The smallest absolute Gasteiger partial charge is 0.272 e. The molecule has 0 unspecified atom stereocenters. The van der Waals surface area contributed by atoms with Crippen LogP contribution in [-0.2, 0) is 19.5 Å². The molecule has 0 atom stereocenters. The van der Waals surface area contributed by atoms with Crippen LogP contribution in [0.3, 0.4) is 0 Å². The second kappa shape index (κ2) is 7.01. The van der Waals surface area contributed by atoms with E-state index >= 15 is 0 Å². The SMILES string of the molecule is O=C1NCc2c(F)cccc2-c2cnc(NCc3c(F)ccc4c3CCO4)n3cnc1c23. The maximum atomic E-state index is 14.5. The van der Waals surface area contributed by atoms with E-state index in [0.29, 0.717) is 52.5 Å². The summed E-state index contributed by atoms with van der Waals surface area (Å²) in [6.07, 6.45) is 3.72. The number of anilines is 1. The number of fused-ring (bicyclic) bond motifs is 3. The molecule has 2 aliphatic rings. The van der Waals surface area contributed by atoms with E-state index in [4.69, 9.17) is 4.74 Å². The first kappa shape index (κ1) is 18.7. The predicted molar refractivity (Wildman–Crippen MR) is 112 cm³/mol. The highest BCUT2D eigenvalue weighted by Gasteiger charge is 2.25. The van der Waals surface area contributed by atoms with E-state index in [1.54, 1.807) is 28.8 Å². The molecule has 4 aromatic rings. The zero-order valence-corrected chi connectivity index (χ0v) is 16.8. The van der Waals surface area contributed by atoms with Crippen molar-refractivity contribution in [2.75, 3.05) is 11.9 Å². The Kier molecular flexibility index (Phi) is 4.11. The van der Waals surface area contributed by atoms with Crippen LogP contribution < -0.4 is 15.4 Å². The Bertz CT molecular complexity index is 1420. The minimum absolute atomic E-state index is 0.0553. The zero-order valence-electron chi connectivity index (χ0n) is 16.8. The van der Waals surface area contributed by atoms with Gasteiger partial charge in [0, 0.05) is 48.0 Å². The average molecular weight is 433 g/mol. The number of amides is 1. The molecule has 2 aromatic heterocycles. The third-order valence-electron chi connectivity index (χ3n) is 5.98. The Morgan fingerprint density at radius 1 is 1.09 bits per heavy atom. The molecule has 1 amide bonds. The quantitative estimate of drug-likeness (QED) is 0.517. The molecule has 2 aliphatic heterocycles. The van der Waals surface area contributed by atoms with E-state index in [1.807, 2.05) is 0 Å². The van der Waals surface area contributed by atoms with E-state index in [9.17, 15) is 13.6 Å². The van der Waals surface area contributed by atoms with Gasteiger partial charge in [0.2, 0.25) is 5.95 Å². The topological polar surface area (TPSA) is 80.5 Å². The first-order chi connectivity index (χ1) is 15.6. The first-order valence-electron chi connectivity index (χ1n) is 10.2. The van der Waals surface area contributed by atoms with Crippen LogP contribution in [0, 0.1) is 11.6 Å². The van der Waals surface area contributed by atoms with Gasteiger partial charge < -0.3 is 15.4 Å². The van der Waals surface area contributed by atoms with Gasteiger partial charge >= 0.3 is 0 Å². The van der Waals surface area contributed by atoms with Gasteiger partial charge in [0.15, 0.2) is 5.69 Å². The summed E-state index contributed by atoms with van der Waals surface area (Å²) in [4.78, 5) is 21.4. The Labute approximate surface area is 181 Å². The molecule has 4 heterocycles. The summed E-state index contributed by atoms with van der Waals surface area (Å²) >= 11 is 0. The van der Waals surface area contributed by atoms with Crippen LogP contribution in [0.4, 0.5) is 14.7 Å². The Hall–Kier alpha value is -4.01. The summed E-state index contributed by atoms with van der Waals surface area (Å²) in [5, 5.41) is 5.88. The molecule has 160 valence electrons. The predicted octanol–water partition coefficient (Wildman–Crippen LogP) is 3.46. The number of halogens is 2. The van der Waals surface area contributed by atoms with E-state index in [0.717, 1.165) is 5.56 Å². The van der Waals surface area contributed by atoms with Gasteiger partial charge in [-0.05, 0) is 23.8 Å². The summed E-state index contributed by atoms with van der Waals surface area (Å²) in [5.74, 6) is -0.0338. The molecule has 9 heteroatoms. The molecular weight excluding hydrogens is 416 g/mol. The number of carbonyl (C=O) groups excluding carboxylic acids is 1. The summed E-state index contributed by atoms with van der Waals surface area (Å²) in [6.45, 7) is 0.767. The molecule has 2 aromatic carbocycles. The van der Waals surface area contributed by atoms with Gasteiger partial charge in [0.1, 0.15) is 23.7 Å². The van der Waals surface area contributed by atoms with Gasteiger partial charge in [-0.1, -0.05) is 12.1 Å². The Balaban J connectivity index is 1.46. The van der Waals surface area contributed by atoms with Crippen molar-refractivity contribution in [2.45, 2.75) is 19.5 Å². The minimum Gasteiger partial charge on any atom is -0.493 e. The number of hydrogen-bond donors (Lipinski definition) is 2. The van der Waals surface area contributed by atoms with Crippen LogP contribution in [0.15, 0.2) is 42.9 Å². The lowest BCUT2D eigenvalue weighted by molar-refractivity contribution is 0.0947. The highest BCUT2D eigenvalue weighted by molar-refractivity contribution is 6.04. The fraction of sp³-hybridized carbons (Fsp3) is 0.174. The molecule has 0 saturated carbocycles. The number of nitrogens with one attached hydrogen (secondary N) is 2. The molecule has 0 aliphatic carbocycles. The Morgan fingerprint density at radius 3 is 2.91 bits per heavy atom. The van der Waals surface area contributed by atoms with Crippen molar-refractivity contribution in [3.8, 4) is 16.9 Å². The number of ether oxygens (including phenoxy) is 1. The van der Waals surface area contributed by atoms with Crippen molar-refractivity contribution in [1.82, 2.24) is 19.7 Å². The van der Waals surface area contributed by atoms with Crippen LogP contribution in [0.2, 0.25) is 0 Å².